The van der Waals surface area contributed by atoms with E-state index in [9.17, 15) is 14.3 Å². The van der Waals surface area contributed by atoms with E-state index in [1.165, 1.54) is 23.5 Å². The van der Waals surface area contributed by atoms with Crippen LogP contribution in [0.25, 0.3) is 0 Å². The number of allylic oxidation sites excluding steroid dienone is 1. The Bertz CT molecular complexity index is 854. The topological polar surface area (TPSA) is 74.6 Å². The van der Waals surface area contributed by atoms with Gasteiger partial charge in [-0.3, -0.25) is 4.99 Å². The largest absolute Gasteiger partial charge is 0.478 e. The number of nitrogens with zero attached hydrogens (tertiary/aromatic N) is 2. The Balaban J connectivity index is 2.19. The summed E-state index contributed by atoms with van der Waals surface area (Å²) in [5, 5.41) is 15.1. The molecule has 0 radical (unpaired) electrons. The summed E-state index contributed by atoms with van der Waals surface area (Å²) >= 11 is 10.7. The van der Waals surface area contributed by atoms with Crippen LogP contribution in [0.5, 0.6) is 0 Å². The van der Waals surface area contributed by atoms with Crippen LogP contribution >= 0.6 is 38.9 Å². The molecule has 1 aromatic carbocycles. The van der Waals surface area contributed by atoms with Gasteiger partial charge < -0.3 is 10.4 Å². The molecule has 9 heteroatoms. The molecule has 1 atom stereocenters. The van der Waals surface area contributed by atoms with E-state index in [1.54, 1.807) is 17.6 Å². The van der Waals surface area contributed by atoms with Crippen LogP contribution in [-0.4, -0.2) is 27.2 Å². The van der Waals surface area contributed by atoms with Crippen LogP contribution in [0.4, 0.5) is 4.39 Å². The normalized spacial score (nSPS) is 17.5. The van der Waals surface area contributed by atoms with Crippen molar-refractivity contribution < 1.29 is 14.3 Å². The van der Waals surface area contributed by atoms with Gasteiger partial charge in [0.25, 0.3) is 0 Å². The lowest BCUT2D eigenvalue weighted by Crippen LogP contribution is -2.34. The molecule has 3 rings (SSSR count). The summed E-state index contributed by atoms with van der Waals surface area (Å²) in [5.41, 5.74) is 0.732. The number of rotatable bonds is 4. The Labute approximate surface area is 154 Å². The van der Waals surface area contributed by atoms with Gasteiger partial charge in [-0.05, 0) is 6.07 Å². The van der Waals surface area contributed by atoms with Crippen molar-refractivity contribution in [2.24, 2.45) is 4.99 Å². The van der Waals surface area contributed by atoms with Gasteiger partial charge in [0, 0.05) is 28.2 Å². The number of amidine groups is 1. The van der Waals surface area contributed by atoms with Gasteiger partial charge in [-0.1, -0.05) is 39.7 Å². The minimum Gasteiger partial charge on any atom is -0.478 e. The summed E-state index contributed by atoms with van der Waals surface area (Å²) in [6.45, 7) is 0. The number of halogens is 3. The number of hydrogen-bond donors (Lipinski definition) is 2. The van der Waals surface area contributed by atoms with Gasteiger partial charge in [0.2, 0.25) is 0 Å². The van der Waals surface area contributed by atoms with Gasteiger partial charge in [-0.15, -0.1) is 11.3 Å². The standard InChI is InChI=1S/C15H10BrClFN3O2S/c16-6-9-10(15(22)23)12(7-2-1-3-8(18)11(7)17)21-13(20-9)14-19-4-5-24-14/h1-5,12H,6H2,(H,20,21)(H,22,23)/t12-/m1/s1. The van der Waals surface area contributed by atoms with Crippen molar-refractivity contribution in [2.45, 2.75) is 6.04 Å². The smallest absolute Gasteiger partial charge is 0.335 e. The first-order chi connectivity index (χ1) is 11.5. The maximum absolute atomic E-state index is 13.8. The van der Waals surface area contributed by atoms with E-state index in [0.717, 1.165) is 0 Å². The van der Waals surface area contributed by atoms with Crippen LogP contribution in [-0.2, 0) is 4.79 Å². The van der Waals surface area contributed by atoms with Crippen molar-refractivity contribution in [2.75, 3.05) is 5.33 Å². The molecule has 0 saturated heterocycles. The highest BCUT2D eigenvalue weighted by Crippen LogP contribution is 2.36. The second-order valence-corrected chi connectivity index (χ2v) is 6.65. The number of hydrogen-bond acceptors (Lipinski definition) is 5. The molecule has 2 aromatic rings. The van der Waals surface area contributed by atoms with E-state index in [4.69, 9.17) is 11.6 Å². The third-order valence-electron chi connectivity index (χ3n) is 3.40. The molecule has 24 heavy (non-hydrogen) atoms. The molecule has 124 valence electrons. The van der Waals surface area contributed by atoms with Crippen molar-refractivity contribution in [3.05, 3.63) is 62.5 Å². The lowest BCUT2D eigenvalue weighted by atomic mass is 9.96. The summed E-state index contributed by atoms with van der Waals surface area (Å²) < 4.78 is 13.8. The van der Waals surface area contributed by atoms with Crippen molar-refractivity contribution in [1.29, 1.82) is 0 Å². The van der Waals surface area contributed by atoms with Gasteiger partial charge in [-0.2, -0.15) is 0 Å². The van der Waals surface area contributed by atoms with Crippen LogP contribution in [0.15, 0.2) is 46.0 Å². The first kappa shape index (κ1) is 17.1. The Kier molecular flexibility index (Phi) is 4.98. The van der Waals surface area contributed by atoms with Gasteiger partial charge in [0.15, 0.2) is 10.8 Å². The number of alkyl halides is 1. The predicted molar refractivity (Wildman–Crippen MR) is 94.4 cm³/mol. The highest BCUT2D eigenvalue weighted by molar-refractivity contribution is 9.09. The van der Waals surface area contributed by atoms with E-state index in [0.29, 0.717) is 22.1 Å². The molecule has 1 aliphatic heterocycles. The predicted octanol–water partition coefficient (Wildman–Crippen LogP) is 3.76. The quantitative estimate of drug-likeness (QED) is 0.724. The SMILES string of the molecule is O=C(O)C1=C(CBr)NC(c2nccs2)=N[C@@H]1c1cccc(F)c1Cl. The summed E-state index contributed by atoms with van der Waals surface area (Å²) in [6.07, 6.45) is 1.62. The molecule has 0 unspecified atom stereocenters. The summed E-state index contributed by atoms with van der Waals surface area (Å²) in [4.78, 5) is 20.4. The first-order valence-corrected chi connectivity index (χ1v) is 9.11. The summed E-state index contributed by atoms with van der Waals surface area (Å²) in [7, 11) is 0. The second kappa shape index (κ2) is 7.00. The fourth-order valence-electron chi connectivity index (χ4n) is 2.36. The van der Waals surface area contributed by atoms with E-state index >= 15 is 0 Å². The molecule has 5 nitrogen and oxygen atoms in total. The van der Waals surface area contributed by atoms with E-state index in [-0.39, 0.29) is 15.9 Å². The molecule has 1 aromatic heterocycles. The van der Waals surface area contributed by atoms with Crippen molar-refractivity contribution in [3.8, 4) is 0 Å². The molecule has 1 aliphatic rings. The molecule has 0 spiro atoms. The third kappa shape index (κ3) is 3.09. The Morgan fingerprint density at radius 1 is 1.50 bits per heavy atom. The number of aromatic nitrogens is 1. The number of carboxylic acids is 1. The number of aliphatic carboxylic acids is 1. The number of thiazole rings is 1. The molecule has 0 fully saturated rings. The molecule has 0 aliphatic carbocycles. The highest BCUT2D eigenvalue weighted by Gasteiger charge is 2.32. The number of carboxylic acid groups (broad SMARTS) is 1. The van der Waals surface area contributed by atoms with E-state index in [2.05, 4.69) is 31.2 Å². The molecule has 0 bridgehead atoms. The van der Waals surface area contributed by atoms with Crippen LogP contribution in [0.1, 0.15) is 16.6 Å². The molecule has 2 N–H and O–H groups in total. The number of carbonyl (C=O) groups is 1. The zero-order valence-electron chi connectivity index (χ0n) is 12.0. The molecule has 0 saturated carbocycles. The second-order valence-electron chi connectivity index (χ2n) is 4.82. The fraction of sp³-hybridized carbons (Fsp3) is 0.133. The van der Waals surface area contributed by atoms with Gasteiger partial charge >= 0.3 is 5.97 Å². The average molecular weight is 431 g/mol. The van der Waals surface area contributed by atoms with Crippen molar-refractivity contribution in [3.63, 3.8) is 0 Å². The number of nitrogens with one attached hydrogen (secondary N) is 1. The van der Waals surface area contributed by atoms with Crippen molar-refractivity contribution in [1.82, 2.24) is 10.3 Å². The van der Waals surface area contributed by atoms with Gasteiger partial charge in [0.1, 0.15) is 11.9 Å². The summed E-state index contributed by atoms with van der Waals surface area (Å²) in [5.74, 6) is -1.34. The van der Waals surface area contributed by atoms with Crippen LogP contribution in [0, 0.1) is 5.82 Å². The molecular formula is C15H10BrClFN3O2S. The van der Waals surface area contributed by atoms with Crippen LogP contribution in [0.3, 0.4) is 0 Å². The number of aliphatic imine (C=N–C) groups is 1. The first-order valence-electron chi connectivity index (χ1n) is 6.73. The molecule has 2 heterocycles. The Morgan fingerprint density at radius 3 is 2.92 bits per heavy atom. The minimum atomic E-state index is -1.15. The Morgan fingerprint density at radius 2 is 2.29 bits per heavy atom. The maximum atomic E-state index is 13.8. The zero-order chi connectivity index (χ0) is 17.3. The van der Waals surface area contributed by atoms with E-state index < -0.39 is 17.8 Å². The average Bonchev–Trinajstić information content (AvgIpc) is 3.10. The lowest BCUT2D eigenvalue weighted by Gasteiger charge is -2.25. The summed E-state index contributed by atoms with van der Waals surface area (Å²) in [6, 6.07) is 3.33. The highest BCUT2D eigenvalue weighted by atomic mass is 79.9. The molecule has 0 amide bonds. The maximum Gasteiger partial charge on any atom is 0.335 e. The number of benzene rings is 1. The monoisotopic (exact) mass is 429 g/mol. The third-order valence-corrected chi connectivity index (χ3v) is 5.14. The fourth-order valence-corrected chi connectivity index (χ4v) is 3.62. The molecular weight excluding hydrogens is 421 g/mol. The van der Waals surface area contributed by atoms with Gasteiger partial charge in [-0.25, -0.2) is 14.2 Å². The zero-order valence-corrected chi connectivity index (χ0v) is 15.1. The van der Waals surface area contributed by atoms with Gasteiger partial charge in [0.05, 0.1) is 10.6 Å². The minimum absolute atomic E-state index is 0.0136. The lowest BCUT2D eigenvalue weighted by molar-refractivity contribution is -0.133. The van der Waals surface area contributed by atoms with Crippen LogP contribution in [0.2, 0.25) is 5.02 Å². The van der Waals surface area contributed by atoms with Crippen LogP contribution < -0.4 is 5.32 Å². The Hall–Kier alpha value is -1.77. The van der Waals surface area contributed by atoms with Crippen molar-refractivity contribution >= 4 is 50.7 Å². The van der Waals surface area contributed by atoms with E-state index in [1.807, 2.05) is 0 Å².